The first kappa shape index (κ1) is 16.4. The molecular weight excluding hydrogens is 390 g/mol. The van der Waals surface area contributed by atoms with Gasteiger partial charge < -0.3 is 10.2 Å². The highest BCUT2D eigenvalue weighted by Crippen LogP contribution is 2.28. The number of likely N-dealkylation sites (N-methyl/N-ethyl adjacent to an activating group) is 2. The number of nitrogens with zero attached hydrogens (tertiary/aromatic N) is 3. The molecule has 1 aliphatic rings. The Morgan fingerprint density at radius 1 is 1.48 bits per heavy atom. The maximum Gasteiger partial charge on any atom is 0.293 e. The number of nitro groups is 1. The fourth-order valence-corrected chi connectivity index (χ4v) is 2.83. The third-order valence-electron chi connectivity index (χ3n) is 3.74. The van der Waals surface area contributed by atoms with Gasteiger partial charge in [-0.2, -0.15) is 0 Å². The maximum absolute atomic E-state index is 13.6. The van der Waals surface area contributed by atoms with Crippen molar-refractivity contribution in [3.63, 3.8) is 0 Å². The molecule has 0 amide bonds. The van der Waals surface area contributed by atoms with Crippen LogP contribution >= 0.6 is 22.6 Å². The van der Waals surface area contributed by atoms with Gasteiger partial charge in [-0.3, -0.25) is 15.0 Å². The summed E-state index contributed by atoms with van der Waals surface area (Å²) in [6.45, 7) is 3.38. The zero-order valence-electron chi connectivity index (χ0n) is 12.0. The van der Waals surface area contributed by atoms with Gasteiger partial charge in [0.15, 0.2) is 0 Å². The van der Waals surface area contributed by atoms with Gasteiger partial charge in [0.1, 0.15) is 11.5 Å². The van der Waals surface area contributed by atoms with E-state index in [4.69, 9.17) is 0 Å². The molecule has 6 nitrogen and oxygen atoms in total. The molecule has 1 saturated heterocycles. The summed E-state index contributed by atoms with van der Waals surface area (Å²) >= 11 is 1.76. The monoisotopic (exact) mass is 408 g/mol. The number of hydrogen-bond donors (Lipinski definition) is 1. The molecule has 0 aromatic heterocycles. The molecule has 0 spiro atoms. The third-order valence-corrected chi connectivity index (χ3v) is 4.57. The lowest BCUT2D eigenvalue weighted by molar-refractivity contribution is -0.384. The molecule has 116 valence electrons. The second-order valence-corrected chi connectivity index (χ2v) is 6.48. The normalized spacial score (nSPS) is 20.5. The van der Waals surface area contributed by atoms with E-state index >= 15 is 0 Å². The smallest absolute Gasteiger partial charge is 0.293 e. The summed E-state index contributed by atoms with van der Waals surface area (Å²) in [6, 6.07) is 2.70. The first-order valence-corrected chi connectivity index (χ1v) is 7.72. The van der Waals surface area contributed by atoms with Crippen molar-refractivity contribution >= 4 is 34.0 Å². The number of benzene rings is 1. The van der Waals surface area contributed by atoms with Crippen molar-refractivity contribution in [2.45, 2.75) is 6.04 Å². The van der Waals surface area contributed by atoms with E-state index in [0.29, 0.717) is 6.54 Å². The predicted molar refractivity (Wildman–Crippen MR) is 88.2 cm³/mol. The lowest BCUT2D eigenvalue weighted by Crippen LogP contribution is -2.52. The van der Waals surface area contributed by atoms with Crippen molar-refractivity contribution in [2.24, 2.45) is 0 Å². The van der Waals surface area contributed by atoms with Crippen LogP contribution in [0.1, 0.15) is 0 Å². The fourth-order valence-electron chi connectivity index (χ4n) is 2.38. The molecule has 0 radical (unpaired) electrons. The predicted octanol–water partition coefficient (Wildman–Crippen LogP) is 2.00. The van der Waals surface area contributed by atoms with Gasteiger partial charge >= 0.3 is 0 Å². The van der Waals surface area contributed by atoms with Crippen LogP contribution < -0.4 is 5.32 Å². The molecule has 0 bridgehead atoms. The molecule has 21 heavy (non-hydrogen) atoms. The van der Waals surface area contributed by atoms with Crippen molar-refractivity contribution in [3.05, 3.63) is 31.6 Å². The molecule has 0 saturated carbocycles. The zero-order valence-corrected chi connectivity index (χ0v) is 14.1. The minimum absolute atomic E-state index is 0.0902. The minimum atomic E-state index is -0.485. The SMILES string of the molecule is CN1CCN(C)C(CNc2cc(F)c(I)cc2[N+](=O)[O-])C1. The summed E-state index contributed by atoms with van der Waals surface area (Å²) in [6.07, 6.45) is 0. The van der Waals surface area contributed by atoms with Crippen molar-refractivity contribution < 1.29 is 9.31 Å². The van der Waals surface area contributed by atoms with E-state index in [-0.39, 0.29) is 21.0 Å². The number of nitro benzene ring substituents is 1. The number of piperazine rings is 1. The second kappa shape index (κ2) is 6.84. The highest BCUT2D eigenvalue weighted by Gasteiger charge is 2.23. The Kier molecular flexibility index (Phi) is 5.33. The van der Waals surface area contributed by atoms with Crippen LogP contribution in [-0.2, 0) is 0 Å². The van der Waals surface area contributed by atoms with Gasteiger partial charge in [-0.1, -0.05) is 0 Å². The second-order valence-electron chi connectivity index (χ2n) is 5.32. The Balaban J connectivity index is 2.12. The van der Waals surface area contributed by atoms with E-state index in [9.17, 15) is 14.5 Å². The average Bonchev–Trinajstić information content (AvgIpc) is 2.42. The van der Waals surface area contributed by atoms with Gasteiger partial charge in [-0.15, -0.1) is 0 Å². The molecule has 8 heteroatoms. The van der Waals surface area contributed by atoms with Crippen molar-refractivity contribution in [1.29, 1.82) is 0 Å². The van der Waals surface area contributed by atoms with Crippen LogP contribution in [0.25, 0.3) is 0 Å². The van der Waals surface area contributed by atoms with Gasteiger partial charge in [0.05, 0.1) is 8.49 Å². The summed E-state index contributed by atoms with van der Waals surface area (Å²) in [5.41, 5.74) is 0.146. The number of halogens is 2. The largest absolute Gasteiger partial charge is 0.378 e. The lowest BCUT2D eigenvalue weighted by atomic mass is 10.1. The van der Waals surface area contributed by atoms with Crippen LogP contribution in [0.15, 0.2) is 12.1 Å². The van der Waals surface area contributed by atoms with Crippen molar-refractivity contribution in [3.8, 4) is 0 Å². The van der Waals surface area contributed by atoms with E-state index in [2.05, 4.69) is 15.1 Å². The fraction of sp³-hybridized carbons (Fsp3) is 0.538. The highest BCUT2D eigenvalue weighted by atomic mass is 127. The number of nitrogens with one attached hydrogen (secondary N) is 1. The molecule has 1 aromatic carbocycles. The van der Waals surface area contributed by atoms with Gasteiger partial charge in [0.2, 0.25) is 0 Å². The Hall–Kier alpha value is -1.00. The molecule has 1 aromatic rings. The standard InChI is InChI=1S/C13H18FIN4O2/c1-17-3-4-18(2)9(8-17)7-16-12-5-10(14)11(15)6-13(12)19(20)21/h5-6,9,16H,3-4,7-8H2,1-2H3. The van der Waals surface area contributed by atoms with E-state index in [0.717, 1.165) is 19.6 Å². The number of rotatable bonds is 4. The maximum atomic E-state index is 13.6. The zero-order chi connectivity index (χ0) is 15.6. The van der Waals surface area contributed by atoms with Crippen LogP contribution in [0.5, 0.6) is 0 Å². The Labute approximate surface area is 136 Å². The quantitative estimate of drug-likeness (QED) is 0.469. The summed E-state index contributed by atoms with van der Waals surface area (Å²) in [4.78, 5) is 15.0. The van der Waals surface area contributed by atoms with E-state index in [1.54, 1.807) is 22.6 Å². The van der Waals surface area contributed by atoms with Crippen LogP contribution in [0.2, 0.25) is 0 Å². The molecule has 1 unspecified atom stereocenters. The molecule has 1 heterocycles. The third kappa shape index (κ3) is 4.01. The van der Waals surface area contributed by atoms with E-state index < -0.39 is 10.7 Å². The Bertz CT molecular complexity index is 543. The van der Waals surface area contributed by atoms with Crippen LogP contribution in [0, 0.1) is 19.5 Å². The van der Waals surface area contributed by atoms with Gasteiger partial charge in [0, 0.05) is 44.4 Å². The van der Waals surface area contributed by atoms with Gasteiger partial charge in [-0.25, -0.2) is 4.39 Å². The molecule has 2 rings (SSSR count). The summed E-state index contributed by atoms with van der Waals surface area (Å²) < 4.78 is 13.9. The van der Waals surface area contributed by atoms with Crippen molar-refractivity contribution in [1.82, 2.24) is 9.80 Å². The molecule has 1 aliphatic heterocycles. The van der Waals surface area contributed by atoms with E-state index in [1.165, 1.54) is 12.1 Å². The van der Waals surface area contributed by atoms with Crippen LogP contribution in [-0.4, -0.2) is 61.0 Å². The summed E-state index contributed by atoms with van der Waals surface area (Å²) in [5, 5.41) is 14.1. The number of hydrogen-bond acceptors (Lipinski definition) is 5. The average molecular weight is 408 g/mol. The van der Waals surface area contributed by atoms with Crippen molar-refractivity contribution in [2.75, 3.05) is 45.6 Å². The lowest BCUT2D eigenvalue weighted by Gasteiger charge is -2.37. The first-order valence-electron chi connectivity index (χ1n) is 6.64. The molecule has 1 fully saturated rings. The minimum Gasteiger partial charge on any atom is -0.378 e. The van der Waals surface area contributed by atoms with Crippen LogP contribution in [0.4, 0.5) is 15.8 Å². The van der Waals surface area contributed by atoms with Crippen LogP contribution in [0.3, 0.4) is 0 Å². The molecule has 0 aliphatic carbocycles. The van der Waals surface area contributed by atoms with Gasteiger partial charge in [-0.05, 0) is 36.7 Å². The Morgan fingerprint density at radius 3 is 2.86 bits per heavy atom. The topological polar surface area (TPSA) is 61.6 Å². The summed E-state index contributed by atoms with van der Waals surface area (Å²) in [5.74, 6) is -0.446. The van der Waals surface area contributed by atoms with Gasteiger partial charge in [0.25, 0.3) is 5.69 Å². The summed E-state index contributed by atoms with van der Waals surface area (Å²) in [7, 11) is 4.08. The molecule has 1 atom stereocenters. The van der Waals surface area contributed by atoms with E-state index in [1.807, 2.05) is 14.1 Å². The first-order chi connectivity index (χ1) is 9.88. The molecular formula is C13H18FIN4O2. The molecule has 1 N–H and O–H groups in total. The number of anilines is 1. The Morgan fingerprint density at radius 2 is 2.19 bits per heavy atom. The highest BCUT2D eigenvalue weighted by molar-refractivity contribution is 14.1.